The van der Waals surface area contributed by atoms with Gasteiger partial charge in [0.2, 0.25) is 0 Å². The molecule has 0 bridgehead atoms. The minimum absolute atomic E-state index is 0.113. The number of fused-ring (bicyclic) bond motifs is 1. The summed E-state index contributed by atoms with van der Waals surface area (Å²) in [6.45, 7) is 4.81. The van der Waals surface area contributed by atoms with Crippen LogP contribution in [0.4, 0.5) is 0 Å². The Balaban J connectivity index is 1.24. The molecule has 2 atom stereocenters. The first-order valence-electron chi connectivity index (χ1n) is 9.58. The van der Waals surface area contributed by atoms with Crippen LogP contribution in [0.25, 0.3) is 10.9 Å². The second kappa shape index (κ2) is 6.49. The molecule has 1 aromatic carbocycles. The second-order valence-corrected chi connectivity index (χ2v) is 7.89. The van der Waals surface area contributed by atoms with Gasteiger partial charge >= 0.3 is 0 Å². The number of hydrogen-bond acceptors (Lipinski definition) is 5. The Morgan fingerprint density at radius 3 is 3.11 bits per heavy atom. The molecule has 1 aliphatic carbocycles. The Kier molecular flexibility index (Phi) is 3.97. The molecular weight excluding hydrogens is 342 g/mol. The minimum Gasteiger partial charge on any atom is -0.360 e. The quantitative estimate of drug-likeness (QED) is 0.726. The number of carbonyl (C=O) groups excluding carboxylic acids is 1. The Bertz CT molecular complexity index is 974. The Labute approximate surface area is 157 Å². The third kappa shape index (κ3) is 3.23. The molecule has 5 rings (SSSR count). The van der Waals surface area contributed by atoms with Gasteiger partial charge in [-0.15, -0.1) is 0 Å². The Hall–Kier alpha value is -2.67. The molecule has 0 radical (unpaired) electrons. The summed E-state index contributed by atoms with van der Waals surface area (Å²) in [5.41, 5.74) is 2.71. The fourth-order valence-electron chi connectivity index (χ4n) is 3.99. The highest BCUT2D eigenvalue weighted by Gasteiger charge is 2.33. The molecule has 1 saturated carbocycles. The van der Waals surface area contributed by atoms with Crippen LogP contribution >= 0.6 is 0 Å². The molecule has 2 aliphatic rings. The molecule has 7 nitrogen and oxygen atoms in total. The zero-order valence-electron chi connectivity index (χ0n) is 15.3. The first-order valence-corrected chi connectivity index (χ1v) is 9.58. The summed E-state index contributed by atoms with van der Waals surface area (Å²) in [5, 5.41) is 15.4. The largest absolute Gasteiger partial charge is 0.360 e. The van der Waals surface area contributed by atoms with Gasteiger partial charge in [-0.1, -0.05) is 24.2 Å². The van der Waals surface area contributed by atoms with Crippen LogP contribution in [-0.4, -0.2) is 45.3 Å². The number of rotatable bonds is 5. The Morgan fingerprint density at radius 2 is 2.26 bits per heavy atom. The molecule has 1 saturated heterocycles. The van der Waals surface area contributed by atoms with Crippen molar-refractivity contribution in [2.24, 2.45) is 5.92 Å². The third-order valence-corrected chi connectivity index (χ3v) is 5.71. The highest BCUT2D eigenvalue weighted by Crippen LogP contribution is 2.40. The number of nitrogens with zero attached hydrogens (tertiary/aromatic N) is 3. The lowest BCUT2D eigenvalue weighted by Gasteiger charge is -2.17. The number of aromatic amines is 1. The summed E-state index contributed by atoms with van der Waals surface area (Å²) >= 11 is 0. The highest BCUT2D eigenvalue weighted by atomic mass is 16.5. The number of H-pyrrole nitrogens is 1. The summed E-state index contributed by atoms with van der Waals surface area (Å²) in [4.78, 5) is 14.9. The normalized spacial score (nSPS) is 23.1. The van der Waals surface area contributed by atoms with Gasteiger partial charge in [-0.3, -0.25) is 14.8 Å². The smallest absolute Gasteiger partial charge is 0.273 e. The molecule has 2 fully saturated rings. The van der Waals surface area contributed by atoms with Gasteiger partial charge < -0.3 is 9.84 Å². The van der Waals surface area contributed by atoms with Gasteiger partial charge in [0.1, 0.15) is 5.76 Å². The van der Waals surface area contributed by atoms with Gasteiger partial charge in [0.05, 0.1) is 11.7 Å². The van der Waals surface area contributed by atoms with Crippen LogP contribution in [0.3, 0.4) is 0 Å². The van der Waals surface area contributed by atoms with E-state index in [1.165, 1.54) is 5.56 Å². The molecule has 0 unspecified atom stereocenters. The van der Waals surface area contributed by atoms with Gasteiger partial charge in [-0.05, 0) is 30.4 Å². The van der Waals surface area contributed by atoms with Crippen molar-refractivity contribution in [3.05, 3.63) is 47.5 Å². The summed E-state index contributed by atoms with van der Waals surface area (Å²) < 4.78 is 5.30. The predicted molar refractivity (Wildman–Crippen MR) is 100 cm³/mol. The molecule has 3 aromatic rings. The average molecular weight is 365 g/mol. The van der Waals surface area contributed by atoms with Crippen molar-refractivity contribution in [3.8, 4) is 0 Å². The molecule has 140 valence electrons. The summed E-state index contributed by atoms with van der Waals surface area (Å²) in [5.74, 6) is 1.55. The number of nitrogens with one attached hydrogen (secondary N) is 2. The first kappa shape index (κ1) is 16.5. The number of aromatic nitrogens is 3. The van der Waals surface area contributed by atoms with Gasteiger partial charge in [0.25, 0.3) is 5.91 Å². The van der Waals surface area contributed by atoms with Crippen molar-refractivity contribution in [2.45, 2.75) is 38.3 Å². The van der Waals surface area contributed by atoms with Gasteiger partial charge in [-0.25, -0.2) is 0 Å². The fraction of sp³-hybridized carbons (Fsp3) is 0.450. The molecule has 3 heterocycles. The van der Waals surface area contributed by atoms with Crippen molar-refractivity contribution in [3.63, 3.8) is 0 Å². The molecule has 0 spiro atoms. The number of amides is 1. The maximum Gasteiger partial charge on any atom is 0.273 e. The number of benzene rings is 1. The van der Waals surface area contributed by atoms with Crippen molar-refractivity contribution >= 4 is 16.8 Å². The lowest BCUT2D eigenvalue weighted by Crippen LogP contribution is -2.40. The molecule has 7 heteroatoms. The first-order chi connectivity index (χ1) is 13.2. The van der Waals surface area contributed by atoms with Gasteiger partial charge in [0, 0.05) is 43.0 Å². The summed E-state index contributed by atoms with van der Waals surface area (Å²) in [6, 6.07) is 8.14. The average Bonchev–Trinajstić information content (AvgIpc) is 3.07. The lowest BCUT2D eigenvalue weighted by atomic mass is 10.1. The molecule has 2 aromatic heterocycles. The van der Waals surface area contributed by atoms with Crippen molar-refractivity contribution in [2.75, 3.05) is 13.1 Å². The summed E-state index contributed by atoms with van der Waals surface area (Å²) in [6.07, 6.45) is 4.15. The topological polar surface area (TPSA) is 87.0 Å². The third-order valence-electron chi connectivity index (χ3n) is 5.71. The van der Waals surface area contributed by atoms with E-state index in [4.69, 9.17) is 4.52 Å². The number of likely N-dealkylation sites (tertiary alicyclic amines) is 1. The van der Waals surface area contributed by atoms with Gasteiger partial charge in [-0.2, -0.15) is 5.10 Å². The van der Waals surface area contributed by atoms with E-state index in [9.17, 15) is 4.79 Å². The van der Waals surface area contributed by atoms with Crippen molar-refractivity contribution in [1.29, 1.82) is 0 Å². The molecule has 1 aliphatic heterocycles. The van der Waals surface area contributed by atoms with E-state index in [2.05, 4.69) is 44.6 Å². The van der Waals surface area contributed by atoms with Crippen LogP contribution < -0.4 is 5.32 Å². The lowest BCUT2D eigenvalue weighted by molar-refractivity contribution is 0.0922. The van der Waals surface area contributed by atoms with Crippen LogP contribution in [0.5, 0.6) is 0 Å². The van der Waals surface area contributed by atoms with E-state index in [1.807, 2.05) is 12.3 Å². The van der Waals surface area contributed by atoms with Crippen molar-refractivity contribution in [1.82, 2.24) is 25.6 Å². The van der Waals surface area contributed by atoms with Crippen LogP contribution in [0.1, 0.15) is 47.5 Å². The van der Waals surface area contributed by atoms with E-state index >= 15 is 0 Å². The molecule has 2 N–H and O–H groups in total. The highest BCUT2D eigenvalue weighted by molar-refractivity contribution is 5.92. The van der Waals surface area contributed by atoms with Crippen LogP contribution in [-0.2, 0) is 6.54 Å². The second-order valence-electron chi connectivity index (χ2n) is 7.89. The molecular formula is C20H23N5O2. The van der Waals surface area contributed by atoms with E-state index < -0.39 is 0 Å². The molecule has 1 amide bonds. The van der Waals surface area contributed by atoms with E-state index in [0.717, 1.165) is 49.1 Å². The van der Waals surface area contributed by atoms with Crippen molar-refractivity contribution < 1.29 is 9.32 Å². The fourth-order valence-corrected chi connectivity index (χ4v) is 3.99. The predicted octanol–water partition coefficient (Wildman–Crippen LogP) is 2.68. The molecule has 27 heavy (non-hydrogen) atoms. The van der Waals surface area contributed by atoms with Crippen LogP contribution in [0.15, 0.2) is 35.0 Å². The SMILES string of the molecule is C[C@H]1CN(Cc2cccc3[nH]ncc23)C[C@H]1NC(=O)c1cc(C2CC2)on1. The van der Waals surface area contributed by atoms with E-state index in [1.54, 1.807) is 6.07 Å². The van der Waals surface area contributed by atoms with Gasteiger partial charge in [0.15, 0.2) is 5.69 Å². The minimum atomic E-state index is -0.138. The van der Waals surface area contributed by atoms with E-state index in [0.29, 0.717) is 17.5 Å². The summed E-state index contributed by atoms with van der Waals surface area (Å²) in [7, 11) is 0. The maximum atomic E-state index is 12.5. The zero-order chi connectivity index (χ0) is 18.4. The number of hydrogen-bond donors (Lipinski definition) is 2. The number of carbonyl (C=O) groups is 1. The van der Waals surface area contributed by atoms with Crippen LogP contribution in [0.2, 0.25) is 0 Å². The van der Waals surface area contributed by atoms with Crippen LogP contribution in [0, 0.1) is 5.92 Å². The monoisotopic (exact) mass is 365 g/mol. The zero-order valence-corrected chi connectivity index (χ0v) is 15.3. The van der Waals surface area contributed by atoms with E-state index in [-0.39, 0.29) is 11.9 Å². The standard InChI is InChI=1S/C20H23N5O2/c1-12-9-25(10-14-3-2-4-16-15(14)8-21-23-16)11-18(12)22-20(26)17-7-19(27-24-17)13-5-6-13/h2-4,7-8,12-13,18H,5-6,9-11H2,1H3,(H,21,23)(H,22,26)/t12-,18+/m0/s1. The Morgan fingerprint density at radius 1 is 1.37 bits per heavy atom. The maximum absolute atomic E-state index is 12.5.